The third kappa shape index (κ3) is 3.76. The zero-order chi connectivity index (χ0) is 23.8. The Morgan fingerprint density at radius 3 is 2.29 bits per heavy atom. The summed E-state index contributed by atoms with van der Waals surface area (Å²) in [4.78, 5) is 37.1. The van der Waals surface area contributed by atoms with Crippen LogP contribution in [-0.2, 0) is 6.42 Å². The molecule has 4 heterocycles. The Labute approximate surface area is 197 Å². The van der Waals surface area contributed by atoms with Crippen LogP contribution in [0.5, 0.6) is 11.5 Å². The number of hydrogen-bond acceptors (Lipinski definition) is 10. The lowest BCUT2D eigenvalue weighted by atomic mass is 10.1. The van der Waals surface area contributed by atoms with Gasteiger partial charge in [-0.15, -0.1) is 0 Å². The summed E-state index contributed by atoms with van der Waals surface area (Å²) in [7, 11) is 3.17. The highest BCUT2D eigenvalue weighted by atomic mass is 16.5. The molecule has 2 N–H and O–H groups in total. The minimum Gasteiger partial charge on any atom is -0.493 e. The second-order valence-corrected chi connectivity index (χ2v) is 8.27. The monoisotopic (exact) mass is 464 g/mol. The van der Waals surface area contributed by atoms with Gasteiger partial charge in [0, 0.05) is 63.3 Å². The number of nitrogen functional groups attached to an aromatic ring is 1. The molecule has 0 bridgehead atoms. The SMILES string of the molecule is CCN1CCc2nc(N3CCN(c4nc(N)c5cc(OC)c(OC)cc5n4)CC3)ncc2C1=O. The van der Waals surface area contributed by atoms with Crippen LogP contribution in [0.3, 0.4) is 0 Å². The lowest BCUT2D eigenvalue weighted by Crippen LogP contribution is -2.48. The Morgan fingerprint density at radius 2 is 1.62 bits per heavy atom. The molecule has 0 radical (unpaired) electrons. The molecular formula is C23H28N8O3. The van der Waals surface area contributed by atoms with Gasteiger partial charge in [0.05, 0.1) is 31.0 Å². The molecule has 2 aliphatic heterocycles. The van der Waals surface area contributed by atoms with E-state index in [1.54, 1.807) is 26.5 Å². The average Bonchev–Trinajstić information content (AvgIpc) is 2.88. The number of anilines is 3. The van der Waals surface area contributed by atoms with E-state index >= 15 is 0 Å². The van der Waals surface area contributed by atoms with Crippen molar-refractivity contribution in [2.75, 3.05) is 69.0 Å². The zero-order valence-electron chi connectivity index (χ0n) is 19.6. The Bertz CT molecular complexity index is 1240. The molecule has 11 heteroatoms. The molecule has 3 aromatic rings. The minimum absolute atomic E-state index is 0.0143. The normalized spacial score (nSPS) is 16.1. The summed E-state index contributed by atoms with van der Waals surface area (Å²) in [5, 5.41) is 0.721. The van der Waals surface area contributed by atoms with Gasteiger partial charge in [-0.05, 0) is 13.0 Å². The molecule has 11 nitrogen and oxygen atoms in total. The van der Waals surface area contributed by atoms with E-state index in [1.807, 2.05) is 17.9 Å². The highest BCUT2D eigenvalue weighted by molar-refractivity contribution is 5.96. The van der Waals surface area contributed by atoms with E-state index in [2.05, 4.69) is 19.8 Å². The van der Waals surface area contributed by atoms with E-state index in [1.165, 1.54) is 0 Å². The molecular weight excluding hydrogens is 436 g/mol. The van der Waals surface area contributed by atoms with Gasteiger partial charge >= 0.3 is 0 Å². The molecule has 1 amide bonds. The largest absolute Gasteiger partial charge is 0.493 e. The average molecular weight is 465 g/mol. The molecule has 0 spiro atoms. The van der Waals surface area contributed by atoms with Crippen molar-refractivity contribution in [3.63, 3.8) is 0 Å². The number of aromatic nitrogens is 4. The van der Waals surface area contributed by atoms with Crippen molar-refractivity contribution in [2.24, 2.45) is 0 Å². The number of methoxy groups -OCH3 is 2. The number of piperazine rings is 1. The van der Waals surface area contributed by atoms with Crippen LogP contribution in [0.15, 0.2) is 18.3 Å². The van der Waals surface area contributed by atoms with Crippen molar-refractivity contribution >= 4 is 34.5 Å². The fourth-order valence-corrected chi connectivity index (χ4v) is 4.46. The smallest absolute Gasteiger partial charge is 0.257 e. The Morgan fingerprint density at radius 1 is 0.941 bits per heavy atom. The predicted molar refractivity (Wildman–Crippen MR) is 129 cm³/mol. The second-order valence-electron chi connectivity index (χ2n) is 8.27. The molecule has 0 unspecified atom stereocenters. The zero-order valence-corrected chi connectivity index (χ0v) is 19.6. The van der Waals surface area contributed by atoms with Crippen LogP contribution in [0.25, 0.3) is 10.9 Å². The third-order valence-corrected chi connectivity index (χ3v) is 6.44. The number of carbonyl (C=O) groups is 1. The number of nitrogens with two attached hydrogens (primary N) is 1. The molecule has 34 heavy (non-hydrogen) atoms. The summed E-state index contributed by atoms with van der Waals surface area (Å²) in [5.74, 6) is 2.82. The van der Waals surface area contributed by atoms with E-state index in [9.17, 15) is 4.79 Å². The van der Waals surface area contributed by atoms with Crippen molar-refractivity contribution in [3.8, 4) is 11.5 Å². The number of likely N-dealkylation sites (N-methyl/N-ethyl adjacent to an activating group) is 1. The van der Waals surface area contributed by atoms with Crippen molar-refractivity contribution in [3.05, 3.63) is 29.6 Å². The molecule has 0 aliphatic carbocycles. The number of amides is 1. The molecule has 1 aromatic carbocycles. The second kappa shape index (κ2) is 8.81. The molecule has 2 aromatic heterocycles. The first-order chi connectivity index (χ1) is 16.5. The van der Waals surface area contributed by atoms with Crippen LogP contribution >= 0.6 is 0 Å². The minimum atomic E-state index is 0.0143. The Balaban J connectivity index is 1.33. The van der Waals surface area contributed by atoms with E-state index in [-0.39, 0.29) is 5.91 Å². The van der Waals surface area contributed by atoms with Gasteiger partial charge in [-0.3, -0.25) is 4.79 Å². The van der Waals surface area contributed by atoms with E-state index < -0.39 is 0 Å². The number of fused-ring (bicyclic) bond motifs is 2. The molecule has 1 fully saturated rings. The van der Waals surface area contributed by atoms with Crippen LogP contribution in [0.4, 0.5) is 17.7 Å². The van der Waals surface area contributed by atoms with E-state index in [0.29, 0.717) is 79.6 Å². The third-order valence-electron chi connectivity index (χ3n) is 6.44. The van der Waals surface area contributed by atoms with Gasteiger partial charge in [0.1, 0.15) is 5.82 Å². The number of benzene rings is 1. The number of hydrogen-bond donors (Lipinski definition) is 1. The summed E-state index contributed by atoms with van der Waals surface area (Å²) >= 11 is 0. The summed E-state index contributed by atoms with van der Waals surface area (Å²) in [6.45, 7) is 6.19. The first-order valence-corrected chi connectivity index (χ1v) is 11.4. The predicted octanol–water partition coefficient (Wildman–Crippen LogP) is 1.36. The van der Waals surface area contributed by atoms with Crippen LogP contribution < -0.4 is 25.0 Å². The van der Waals surface area contributed by atoms with Crippen molar-refractivity contribution in [2.45, 2.75) is 13.3 Å². The topological polar surface area (TPSA) is 123 Å². The van der Waals surface area contributed by atoms with Gasteiger partial charge in [-0.25, -0.2) is 15.0 Å². The number of rotatable bonds is 5. The molecule has 178 valence electrons. The maximum absolute atomic E-state index is 12.5. The van der Waals surface area contributed by atoms with Crippen molar-refractivity contribution < 1.29 is 14.3 Å². The first kappa shape index (κ1) is 21.9. The molecule has 1 saturated heterocycles. The van der Waals surface area contributed by atoms with E-state index in [0.717, 1.165) is 17.5 Å². The fraction of sp³-hybridized carbons (Fsp3) is 0.435. The molecule has 0 atom stereocenters. The Kier molecular flexibility index (Phi) is 5.68. The van der Waals surface area contributed by atoms with Crippen LogP contribution in [0.2, 0.25) is 0 Å². The van der Waals surface area contributed by atoms with Crippen molar-refractivity contribution in [1.29, 1.82) is 0 Å². The standard InChI is InChI=1S/C23H28N8O3/c1-4-29-6-5-16-15(21(29)32)13-25-22(26-16)30-7-9-31(10-8-30)23-27-17-12-19(34-3)18(33-2)11-14(17)20(24)28-23/h11-13H,4-10H2,1-3H3,(H2,24,27,28). The van der Waals surface area contributed by atoms with Gasteiger partial charge < -0.3 is 29.9 Å². The molecule has 5 rings (SSSR count). The lowest BCUT2D eigenvalue weighted by molar-refractivity contribution is 0.0746. The summed E-state index contributed by atoms with van der Waals surface area (Å²) in [5.41, 5.74) is 8.40. The maximum atomic E-state index is 12.5. The Hall–Kier alpha value is -3.89. The summed E-state index contributed by atoms with van der Waals surface area (Å²) in [6.07, 6.45) is 2.42. The quantitative estimate of drug-likeness (QED) is 0.592. The van der Waals surface area contributed by atoms with Crippen molar-refractivity contribution in [1.82, 2.24) is 24.8 Å². The fourth-order valence-electron chi connectivity index (χ4n) is 4.46. The van der Waals surface area contributed by atoms with Crippen LogP contribution in [0.1, 0.15) is 23.0 Å². The summed E-state index contributed by atoms with van der Waals surface area (Å²) < 4.78 is 10.8. The van der Waals surface area contributed by atoms with Gasteiger partial charge in [0.15, 0.2) is 11.5 Å². The molecule has 2 aliphatic rings. The van der Waals surface area contributed by atoms with Gasteiger partial charge in [-0.1, -0.05) is 0 Å². The highest BCUT2D eigenvalue weighted by Gasteiger charge is 2.27. The molecule has 0 saturated carbocycles. The highest BCUT2D eigenvalue weighted by Crippen LogP contribution is 2.34. The number of ether oxygens (including phenoxy) is 2. The van der Waals surface area contributed by atoms with Gasteiger partial charge in [0.2, 0.25) is 11.9 Å². The lowest BCUT2D eigenvalue weighted by Gasteiger charge is -2.35. The first-order valence-electron chi connectivity index (χ1n) is 11.4. The van der Waals surface area contributed by atoms with Crippen LogP contribution in [0, 0.1) is 0 Å². The van der Waals surface area contributed by atoms with Gasteiger partial charge in [-0.2, -0.15) is 4.98 Å². The van der Waals surface area contributed by atoms with E-state index in [4.69, 9.17) is 25.2 Å². The van der Waals surface area contributed by atoms with Crippen LogP contribution in [-0.4, -0.2) is 84.2 Å². The number of carbonyl (C=O) groups excluding carboxylic acids is 1. The van der Waals surface area contributed by atoms with Gasteiger partial charge in [0.25, 0.3) is 5.91 Å². The maximum Gasteiger partial charge on any atom is 0.257 e. The summed E-state index contributed by atoms with van der Waals surface area (Å²) in [6, 6.07) is 3.61. The number of nitrogens with zero attached hydrogens (tertiary/aromatic N) is 7.